The molecule has 1 saturated heterocycles. The lowest BCUT2D eigenvalue weighted by Crippen LogP contribution is -2.41. The zero-order chi connectivity index (χ0) is 12.9. The summed E-state index contributed by atoms with van der Waals surface area (Å²) in [6.07, 6.45) is -1.30. The van der Waals surface area contributed by atoms with Gasteiger partial charge in [-0.3, -0.25) is 4.79 Å². The van der Waals surface area contributed by atoms with Crippen LogP contribution in [-0.2, 0) is 4.79 Å². The molecule has 1 atom stereocenters. The number of halogens is 3. The Morgan fingerprint density at radius 3 is 2.71 bits per heavy atom. The number of rotatable bonds is 3. The van der Waals surface area contributed by atoms with Gasteiger partial charge in [-0.15, -0.1) is 0 Å². The van der Waals surface area contributed by atoms with Gasteiger partial charge in [0.05, 0.1) is 13.1 Å². The summed E-state index contributed by atoms with van der Waals surface area (Å²) in [6.45, 7) is 2.12. The van der Waals surface area contributed by atoms with E-state index >= 15 is 0 Å². The van der Waals surface area contributed by atoms with Crippen molar-refractivity contribution in [2.75, 3.05) is 26.2 Å². The summed E-state index contributed by atoms with van der Waals surface area (Å²) in [7, 11) is 0. The van der Waals surface area contributed by atoms with E-state index in [0.29, 0.717) is 19.0 Å². The Labute approximate surface area is 99.4 Å². The maximum atomic E-state index is 11.9. The third-order valence-electron chi connectivity index (χ3n) is 2.97. The zero-order valence-corrected chi connectivity index (χ0v) is 10.0. The summed E-state index contributed by atoms with van der Waals surface area (Å²) in [5.74, 6) is 0.360. The number of hydrogen-bond donors (Lipinski definition) is 1. The van der Waals surface area contributed by atoms with Crippen LogP contribution in [0.3, 0.4) is 0 Å². The van der Waals surface area contributed by atoms with Crippen molar-refractivity contribution in [2.24, 2.45) is 5.92 Å². The Hall–Kier alpha value is -0.780. The highest BCUT2D eigenvalue weighted by atomic mass is 19.4. The van der Waals surface area contributed by atoms with Crippen LogP contribution in [0.5, 0.6) is 0 Å². The molecule has 3 nitrogen and oxygen atoms in total. The molecule has 1 aliphatic rings. The summed E-state index contributed by atoms with van der Waals surface area (Å²) in [4.78, 5) is 13.3. The molecule has 0 saturated carbocycles. The summed E-state index contributed by atoms with van der Waals surface area (Å²) in [5, 5.41) is 2.14. The highest BCUT2D eigenvalue weighted by molar-refractivity contribution is 5.78. The fraction of sp³-hybridized carbons (Fsp3) is 0.909. The van der Waals surface area contributed by atoms with Crippen LogP contribution in [0.25, 0.3) is 0 Å². The molecule has 1 rings (SSSR count). The van der Waals surface area contributed by atoms with Crippen molar-refractivity contribution >= 4 is 5.91 Å². The average Bonchev–Trinajstić information content (AvgIpc) is 2.41. The van der Waals surface area contributed by atoms with Gasteiger partial charge >= 0.3 is 6.18 Å². The third-order valence-corrected chi connectivity index (χ3v) is 2.97. The molecule has 0 bridgehead atoms. The third kappa shape index (κ3) is 5.91. The maximum Gasteiger partial charge on any atom is 0.401 e. The highest BCUT2D eigenvalue weighted by Gasteiger charge is 2.27. The highest BCUT2D eigenvalue weighted by Crippen LogP contribution is 2.16. The number of carbonyl (C=O) groups excluding carboxylic acids is 1. The average molecular weight is 252 g/mol. The molecule has 0 aromatic rings. The molecule has 100 valence electrons. The summed E-state index contributed by atoms with van der Waals surface area (Å²) < 4.78 is 35.6. The van der Waals surface area contributed by atoms with Crippen molar-refractivity contribution in [3.63, 3.8) is 0 Å². The predicted octanol–water partition coefficient (Wildman–Crippen LogP) is 1.79. The van der Waals surface area contributed by atoms with Gasteiger partial charge in [0.25, 0.3) is 0 Å². The van der Waals surface area contributed by atoms with Crippen LogP contribution in [0, 0.1) is 5.92 Å². The van der Waals surface area contributed by atoms with Crippen molar-refractivity contribution in [2.45, 2.75) is 32.4 Å². The number of hydrogen-bond acceptors (Lipinski definition) is 2. The fourth-order valence-corrected chi connectivity index (χ4v) is 1.94. The second-order valence-corrected chi connectivity index (χ2v) is 4.64. The van der Waals surface area contributed by atoms with Gasteiger partial charge in [-0.2, -0.15) is 13.2 Å². The molecule has 1 fully saturated rings. The fourth-order valence-electron chi connectivity index (χ4n) is 1.94. The molecule has 1 unspecified atom stereocenters. The number of alkyl halides is 3. The van der Waals surface area contributed by atoms with Gasteiger partial charge in [0.15, 0.2) is 0 Å². The van der Waals surface area contributed by atoms with E-state index in [0.717, 1.165) is 19.3 Å². The Kier molecular flexibility index (Phi) is 5.24. The Morgan fingerprint density at radius 2 is 2.06 bits per heavy atom. The number of nitrogens with zero attached hydrogens (tertiary/aromatic N) is 1. The monoisotopic (exact) mass is 252 g/mol. The number of likely N-dealkylation sites (tertiary alicyclic amines) is 1. The van der Waals surface area contributed by atoms with E-state index in [1.165, 1.54) is 0 Å². The van der Waals surface area contributed by atoms with Gasteiger partial charge in [0.2, 0.25) is 5.91 Å². The Balaban J connectivity index is 2.27. The molecule has 1 amide bonds. The van der Waals surface area contributed by atoms with E-state index in [1.807, 2.05) is 0 Å². The van der Waals surface area contributed by atoms with E-state index in [1.54, 1.807) is 4.90 Å². The molecular formula is C11H19F3N2O. The van der Waals surface area contributed by atoms with E-state index < -0.39 is 12.7 Å². The van der Waals surface area contributed by atoms with E-state index in [2.05, 4.69) is 12.2 Å². The first-order valence-corrected chi connectivity index (χ1v) is 5.94. The van der Waals surface area contributed by atoms with E-state index in [4.69, 9.17) is 0 Å². The van der Waals surface area contributed by atoms with Gasteiger partial charge in [-0.1, -0.05) is 6.92 Å². The predicted molar refractivity (Wildman–Crippen MR) is 58.5 cm³/mol. The van der Waals surface area contributed by atoms with Crippen molar-refractivity contribution in [3.05, 3.63) is 0 Å². The quantitative estimate of drug-likeness (QED) is 0.830. The molecular weight excluding hydrogens is 233 g/mol. The van der Waals surface area contributed by atoms with Crippen molar-refractivity contribution < 1.29 is 18.0 Å². The van der Waals surface area contributed by atoms with Crippen LogP contribution in [0.1, 0.15) is 26.2 Å². The molecule has 0 aromatic heterocycles. The van der Waals surface area contributed by atoms with Crippen LogP contribution in [0.4, 0.5) is 13.2 Å². The molecule has 0 aliphatic carbocycles. The van der Waals surface area contributed by atoms with Crippen molar-refractivity contribution in [1.82, 2.24) is 10.2 Å². The van der Waals surface area contributed by atoms with Gasteiger partial charge < -0.3 is 10.2 Å². The van der Waals surface area contributed by atoms with Crippen molar-refractivity contribution in [3.8, 4) is 0 Å². The van der Waals surface area contributed by atoms with Crippen LogP contribution in [0.2, 0.25) is 0 Å². The first kappa shape index (κ1) is 14.3. The van der Waals surface area contributed by atoms with Gasteiger partial charge in [-0.05, 0) is 25.2 Å². The van der Waals surface area contributed by atoms with Gasteiger partial charge in [0, 0.05) is 13.1 Å². The second-order valence-electron chi connectivity index (χ2n) is 4.64. The first-order valence-electron chi connectivity index (χ1n) is 5.94. The topological polar surface area (TPSA) is 32.3 Å². The van der Waals surface area contributed by atoms with Crippen LogP contribution in [-0.4, -0.2) is 43.2 Å². The Bertz CT molecular complexity index is 256. The molecule has 1 N–H and O–H groups in total. The lowest BCUT2D eigenvalue weighted by Gasteiger charge is -2.20. The molecule has 0 aromatic carbocycles. The molecule has 1 aliphatic heterocycles. The lowest BCUT2D eigenvalue weighted by molar-refractivity contribution is -0.134. The number of nitrogens with one attached hydrogen (secondary N) is 1. The molecule has 6 heteroatoms. The summed E-state index contributed by atoms with van der Waals surface area (Å²) in [5.41, 5.74) is 0. The first-order chi connectivity index (χ1) is 7.88. The lowest BCUT2D eigenvalue weighted by atomic mass is 10.0. The minimum absolute atomic E-state index is 0.228. The smallest absolute Gasteiger partial charge is 0.342 e. The molecule has 0 spiro atoms. The maximum absolute atomic E-state index is 11.9. The SMILES string of the molecule is CC1CCCN(C(=O)CNCC(F)(F)F)CC1. The van der Waals surface area contributed by atoms with Gasteiger partial charge in [-0.25, -0.2) is 0 Å². The minimum atomic E-state index is -4.26. The van der Waals surface area contributed by atoms with Crippen LogP contribution < -0.4 is 5.32 Å². The zero-order valence-electron chi connectivity index (χ0n) is 10.0. The molecule has 1 heterocycles. The van der Waals surface area contributed by atoms with Gasteiger partial charge in [0.1, 0.15) is 0 Å². The second kappa shape index (κ2) is 6.23. The van der Waals surface area contributed by atoms with Crippen LogP contribution in [0.15, 0.2) is 0 Å². The summed E-state index contributed by atoms with van der Waals surface area (Å²) in [6, 6.07) is 0. The van der Waals surface area contributed by atoms with Crippen LogP contribution >= 0.6 is 0 Å². The standard InChI is InChI=1S/C11H19F3N2O/c1-9-3-2-5-16(6-4-9)10(17)7-15-8-11(12,13)14/h9,15H,2-8H2,1H3. The minimum Gasteiger partial charge on any atom is -0.342 e. The number of carbonyl (C=O) groups is 1. The normalized spacial score (nSPS) is 22.4. The molecule has 17 heavy (non-hydrogen) atoms. The van der Waals surface area contributed by atoms with Crippen molar-refractivity contribution in [1.29, 1.82) is 0 Å². The largest absolute Gasteiger partial charge is 0.401 e. The Morgan fingerprint density at radius 1 is 1.35 bits per heavy atom. The number of amides is 1. The summed E-state index contributed by atoms with van der Waals surface area (Å²) >= 11 is 0. The van der Waals surface area contributed by atoms with E-state index in [9.17, 15) is 18.0 Å². The molecule has 0 radical (unpaired) electrons. The van der Waals surface area contributed by atoms with E-state index in [-0.39, 0.29) is 12.5 Å².